The molecule has 0 amide bonds. The maximum atomic E-state index is 5.68. The quantitative estimate of drug-likeness (QED) is 0.646. The molecule has 2 unspecified atom stereocenters. The highest BCUT2D eigenvalue weighted by Crippen LogP contribution is 2.29. The molecule has 2 fully saturated rings. The van der Waals surface area contributed by atoms with Crippen LogP contribution < -0.4 is 0 Å². The van der Waals surface area contributed by atoms with Gasteiger partial charge in [-0.25, -0.2) is 0 Å². The van der Waals surface area contributed by atoms with E-state index in [1.165, 1.54) is 26.1 Å². The number of alkyl halides is 1. The predicted octanol–water partition coefficient (Wildman–Crippen LogP) is 1.58. The second-order valence-electron chi connectivity index (χ2n) is 4.19. The Balaban J connectivity index is 1.76. The normalized spacial score (nSPS) is 34.8. The summed E-state index contributed by atoms with van der Waals surface area (Å²) in [7, 11) is 0. The lowest BCUT2D eigenvalue weighted by molar-refractivity contribution is 0.147. The van der Waals surface area contributed by atoms with Gasteiger partial charge >= 0.3 is 0 Å². The van der Waals surface area contributed by atoms with Gasteiger partial charge in [0.05, 0.1) is 6.61 Å². The van der Waals surface area contributed by atoms with Crippen molar-refractivity contribution in [1.82, 2.24) is 4.90 Å². The van der Waals surface area contributed by atoms with Gasteiger partial charge in [-0.2, -0.15) is 0 Å². The molecule has 2 aliphatic rings. The number of nitrogens with zero attached hydrogens (tertiary/aromatic N) is 1. The average Bonchev–Trinajstić information content (AvgIpc) is 2.61. The predicted molar refractivity (Wildman–Crippen MR) is 54.2 cm³/mol. The zero-order chi connectivity index (χ0) is 9.10. The highest BCUT2D eigenvalue weighted by Gasteiger charge is 2.33. The summed E-state index contributed by atoms with van der Waals surface area (Å²) in [5, 5.41) is 0. The molecule has 0 aromatic carbocycles. The molecule has 2 aliphatic heterocycles. The zero-order valence-corrected chi connectivity index (χ0v) is 8.80. The lowest BCUT2D eigenvalue weighted by atomic mass is 9.89. The smallest absolute Gasteiger partial charge is 0.0510 e. The van der Waals surface area contributed by atoms with Crippen LogP contribution in [0.1, 0.15) is 12.8 Å². The molecule has 0 aromatic rings. The second kappa shape index (κ2) is 4.63. The van der Waals surface area contributed by atoms with E-state index in [0.29, 0.717) is 0 Å². The van der Waals surface area contributed by atoms with E-state index in [0.717, 1.165) is 37.4 Å². The molecule has 0 radical (unpaired) electrons. The van der Waals surface area contributed by atoms with Gasteiger partial charge in [-0.15, -0.1) is 11.6 Å². The van der Waals surface area contributed by atoms with Gasteiger partial charge in [0.15, 0.2) is 0 Å². The van der Waals surface area contributed by atoms with Crippen molar-refractivity contribution in [2.45, 2.75) is 12.8 Å². The Morgan fingerprint density at radius 2 is 2.15 bits per heavy atom. The fraction of sp³-hybridized carbons (Fsp3) is 1.00. The Hall–Kier alpha value is 0.210. The lowest BCUT2D eigenvalue weighted by Gasteiger charge is -2.33. The third-order valence-corrected chi connectivity index (χ3v) is 3.51. The summed E-state index contributed by atoms with van der Waals surface area (Å²) in [5.74, 6) is 2.46. The van der Waals surface area contributed by atoms with Gasteiger partial charge in [-0.1, -0.05) is 0 Å². The fourth-order valence-electron chi connectivity index (χ4n) is 2.42. The van der Waals surface area contributed by atoms with E-state index in [1.54, 1.807) is 0 Å². The van der Waals surface area contributed by atoms with Crippen LogP contribution in [0.2, 0.25) is 0 Å². The first kappa shape index (κ1) is 9.75. The number of likely N-dealkylation sites (tertiary alicyclic amines) is 1. The van der Waals surface area contributed by atoms with E-state index in [9.17, 15) is 0 Å². The second-order valence-corrected chi connectivity index (χ2v) is 4.57. The molecular formula is C10H18ClNO. The average molecular weight is 204 g/mol. The molecule has 76 valence electrons. The Morgan fingerprint density at radius 3 is 3.00 bits per heavy atom. The molecule has 2 rings (SSSR count). The van der Waals surface area contributed by atoms with Gasteiger partial charge in [0, 0.05) is 24.9 Å². The van der Waals surface area contributed by atoms with Crippen LogP contribution in [0.3, 0.4) is 0 Å². The molecule has 2 atom stereocenters. The molecule has 0 aliphatic carbocycles. The molecule has 2 nitrogen and oxygen atoms in total. The Kier molecular flexibility index (Phi) is 3.47. The van der Waals surface area contributed by atoms with Gasteiger partial charge in [0.1, 0.15) is 0 Å². The van der Waals surface area contributed by atoms with Crippen molar-refractivity contribution in [3.8, 4) is 0 Å². The number of piperidine rings is 1. The van der Waals surface area contributed by atoms with E-state index in [1.807, 2.05) is 0 Å². The van der Waals surface area contributed by atoms with Gasteiger partial charge in [0.2, 0.25) is 0 Å². The van der Waals surface area contributed by atoms with E-state index in [-0.39, 0.29) is 0 Å². The summed E-state index contributed by atoms with van der Waals surface area (Å²) >= 11 is 5.68. The Labute approximate surface area is 85.2 Å². The van der Waals surface area contributed by atoms with Crippen LogP contribution >= 0.6 is 11.6 Å². The van der Waals surface area contributed by atoms with E-state index < -0.39 is 0 Å². The van der Waals surface area contributed by atoms with Gasteiger partial charge in [-0.3, -0.25) is 0 Å². The first-order chi connectivity index (χ1) is 6.40. The molecule has 0 aromatic heterocycles. The summed E-state index contributed by atoms with van der Waals surface area (Å²) in [6.45, 7) is 5.66. The fourth-order valence-corrected chi connectivity index (χ4v) is 2.54. The number of ether oxygens (including phenoxy) is 1. The van der Waals surface area contributed by atoms with Crippen LogP contribution in [0, 0.1) is 11.8 Å². The zero-order valence-electron chi connectivity index (χ0n) is 8.04. The van der Waals surface area contributed by atoms with E-state index in [2.05, 4.69) is 4.90 Å². The van der Waals surface area contributed by atoms with Crippen LogP contribution in [0.4, 0.5) is 0 Å². The molecule has 0 N–H and O–H groups in total. The van der Waals surface area contributed by atoms with E-state index >= 15 is 0 Å². The van der Waals surface area contributed by atoms with Crippen LogP contribution in [0.5, 0.6) is 0 Å². The summed E-state index contributed by atoms with van der Waals surface area (Å²) < 4.78 is 5.49. The topological polar surface area (TPSA) is 12.5 Å². The maximum Gasteiger partial charge on any atom is 0.0510 e. The summed E-state index contributed by atoms with van der Waals surface area (Å²) in [5.41, 5.74) is 0. The first-order valence-electron chi connectivity index (χ1n) is 5.26. The van der Waals surface area contributed by atoms with Gasteiger partial charge in [-0.05, 0) is 31.8 Å². The van der Waals surface area contributed by atoms with Crippen molar-refractivity contribution in [3.63, 3.8) is 0 Å². The van der Waals surface area contributed by atoms with Crippen molar-refractivity contribution < 1.29 is 4.74 Å². The first-order valence-corrected chi connectivity index (χ1v) is 5.79. The highest BCUT2D eigenvalue weighted by molar-refractivity contribution is 6.17. The van der Waals surface area contributed by atoms with Crippen LogP contribution in [-0.4, -0.2) is 43.6 Å². The SMILES string of the molecule is ClCCCN1CCC2COCC2C1. The molecule has 2 heterocycles. The van der Waals surface area contributed by atoms with Crippen molar-refractivity contribution in [2.24, 2.45) is 11.8 Å². The minimum absolute atomic E-state index is 0.793. The molecule has 0 saturated carbocycles. The van der Waals surface area contributed by atoms with Crippen molar-refractivity contribution >= 4 is 11.6 Å². The highest BCUT2D eigenvalue weighted by atomic mass is 35.5. The Bertz CT molecular complexity index is 165. The third kappa shape index (κ3) is 2.36. The summed E-state index contributed by atoms with van der Waals surface area (Å²) in [6.07, 6.45) is 2.45. The number of hydrogen-bond acceptors (Lipinski definition) is 2. The molecular weight excluding hydrogens is 186 g/mol. The van der Waals surface area contributed by atoms with Crippen LogP contribution in [-0.2, 0) is 4.74 Å². The minimum atomic E-state index is 0.793. The minimum Gasteiger partial charge on any atom is -0.381 e. The number of halogens is 1. The van der Waals surface area contributed by atoms with Crippen molar-refractivity contribution in [2.75, 3.05) is 38.7 Å². The largest absolute Gasteiger partial charge is 0.381 e. The lowest BCUT2D eigenvalue weighted by Crippen LogP contribution is -2.40. The molecule has 0 spiro atoms. The molecule has 2 saturated heterocycles. The number of fused-ring (bicyclic) bond motifs is 1. The van der Waals surface area contributed by atoms with Crippen molar-refractivity contribution in [1.29, 1.82) is 0 Å². The summed E-state index contributed by atoms with van der Waals surface area (Å²) in [4.78, 5) is 2.54. The third-order valence-electron chi connectivity index (χ3n) is 3.25. The van der Waals surface area contributed by atoms with Gasteiger partial charge in [0.25, 0.3) is 0 Å². The molecule has 3 heteroatoms. The standard InChI is InChI=1S/C10H18ClNO/c11-3-1-4-12-5-2-9-7-13-8-10(9)6-12/h9-10H,1-8H2. The van der Waals surface area contributed by atoms with Crippen molar-refractivity contribution in [3.05, 3.63) is 0 Å². The number of hydrogen-bond donors (Lipinski definition) is 0. The number of rotatable bonds is 3. The molecule has 0 bridgehead atoms. The van der Waals surface area contributed by atoms with Crippen LogP contribution in [0.25, 0.3) is 0 Å². The summed E-state index contributed by atoms with van der Waals surface area (Å²) in [6, 6.07) is 0. The maximum absolute atomic E-state index is 5.68. The molecule has 13 heavy (non-hydrogen) atoms. The monoisotopic (exact) mass is 203 g/mol. The van der Waals surface area contributed by atoms with Gasteiger partial charge < -0.3 is 9.64 Å². The van der Waals surface area contributed by atoms with Crippen LogP contribution in [0.15, 0.2) is 0 Å². The Morgan fingerprint density at radius 1 is 1.31 bits per heavy atom. The van der Waals surface area contributed by atoms with E-state index in [4.69, 9.17) is 16.3 Å².